The number of carbonyl (C=O) groups is 3. The van der Waals surface area contributed by atoms with E-state index in [1.165, 1.54) is 89.5 Å². The minimum atomic E-state index is -4.32. The number of amides is 1. The van der Waals surface area contributed by atoms with Crippen LogP contribution in [0.4, 0.5) is 18.9 Å². The first kappa shape index (κ1) is 61.2. The number of thioether (sulfide) groups is 1. The van der Waals surface area contributed by atoms with E-state index in [-0.39, 0.29) is 44.5 Å². The largest absolute Gasteiger partial charge is 0.507 e. The Kier molecular flexibility index (Phi) is 20.8. The van der Waals surface area contributed by atoms with Crippen LogP contribution in [0.5, 0.6) is 23.0 Å². The number of halogens is 3. The van der Waals surface area contributed by atoms with E-state index in [2.05, 4.69) is 25.5 Å². The Bertz CT molecular complexity index is 2820. The van der Waals surface area contributed by atoms with Gasteiger partial charge >= 0.3 is 17.9 Å². The van der Waals surface area contributed by atoms with E-state index in [0.717, 1.165) is 31.0 Å². The van der Waals surface area contributed by atoms with Gasteiger partial charge in [0.15, 0.2) is 10.9 Å². The Balaban J connectivity index is 0.000000514. The average molecular weight is 1100 g/mol. The molecule has 0 aliphatic carbocycles. The highest BCUT2D eigenvalue weighted by Crippen LogP contribution is 2.55. The van der Waals surface area contributed by atoms with Crippen LogP contribution in [-0.4, -0.2) is 147 Å². The van der Waals surface area contributed by atoms with E-state index in [0.29, 0.717) is 23.8 Å². The second-order valence-electron chi connectivity index (χ2n) is 19.4. The molecule has 4 aliphatic rings. The van der Waals surface area contributed by atoms with Crippen molar-refractivity contribution in [2.75, 3.05) is 51.4 Å². The zero-order valence-electron chi connectivity index (χ0n) is 45.0. The molecular formula is C54H70F3N7O12S. The maximum atomic E-state index is 14.4. The number of anilines is 1. The lowest BCUT2D eigenvalue weighted by molar-refractivity contribution is -0.160. The minimum absolute atomic E-state index is 0.0559. The number of esters is 1. The maximum Gasteiger partial charge on any atom is 0.416 e. The van der Waals surface area contributed by atoms with Crippen LogP contribution in [0.1, 0.15) is 88.0 Å². The van der Waals surface area contributed by atoms with Gasteiger partial charge in [0.05, 0.1) is 64.8 Å². The number of aromatic hydroxyl groups is 3. The SMILES string of the molecule is CCS/C(N)=N\N=C\c1ccc(C(F)(F)F)cc1.CO[C@H]1/C=C/O[C@@]2(C)Oc3c(C)c(O)c4c(O)c(c(/C=N/N5CCN(C)CC5)c(O)c4c3C2=O)NC(=O)/C(C)=C\C=C\[C@H](C)[C@H](O)[C@@H](C)[C@@H](O)[C@@H](C)[C@H](OC(C)=O)[C@@H]1C. The van der Waals surface area contributed by atoms with Crippen LogP contribution in [0, 0.1) is 30.6 Å². The van der Waals surface area contributed by atoms with E-state index < -0.39 is 101 Å². The predicted molar refractivity (Wildman–Crippen MR) is 289 cm³/mol. The van der Waals surface area contributed by atoms with Crippen LogP contribution in [0.25, 0.3) is 10.8 Å². The number of fused-ring (bicyclic) bond motifs is 14. The molecule has 0 saturated carbocycles. The van der Waals surface area contributed by atoms with Crippen molar-refractivity contribution in [2.45, 2.75) is 98.7 Å². The number of nitrogens with zero attached hydrogens (tertiary/aromatic N) is 5. The maximum absolute atomic E-state index is 14.4. The summed E-state index contributed by atoms with van der Waals surface area (Å²) in [5.74, 6) is -7.56. The fourth-order valence-corrected chi connectivity index (χ4v) is 9.41. The number of carbonyl (C=O) groups excluding carboxylic acids is 3. The molecule has 4 heterocycles. The molecule has 4 aliphatic heterocycles. The molecule has 1 saturated heterocycles. The van der Waals surface area contributed by atoms with Gasteiger partial charge in [-0.25, -0.2) is 0 Å². The summed E-state index contributed by atoms with van der Waals surface area (Å²) in [7, 11) is 3.42. The van der Waals surface area contributed by atoms with Gasteiger partial charge in [-0.05, 0) is 50.4 Å². The van der Waals surface area contributed by atoms with Gasteiger partial charge in [0.25, 0.3) is 11.7 Å². The van der Waals surface area contributed by atoms with Gasteiger partial charge in [0, 0.05) is 87.3 Å². The lowest BCUT2D eigenvalue weighted by Gasteiger charge is -2.38. The third-order valence-corrected chi connectivity index (χ3v) is 14.4. The highest BCUT2D eigenvalue weighted by molar-refractivity contribution is 8.13. The number of likely N-dealkylation sites (N-methyl/N-ethyl adjacent to an activating group) is 1. The Hall–Kier alpha value is -6.66. The Labute approximate surface area is 450 Å². The molecule has 23 heteroatoms. The van der Waals surface area contributed by atoms with Crippen molar-refractivity contribution >= 4 is 63.5 Å². The van der Waals surface area contributed by atoms with Crippen molar-refractivity contribution < 1.29 is 72.0 Å². The third kappa shape index (κ3) is 14.5. The number of aliphatic hydroxyl groups is 2. The van der Waals surface area contributed by atoms with Crippen LogP contribution in [0.2, 0.25) is 0 Å². The van der Waals surface area contributed by atoms with Gasteiger partial charge in [0.1, 0.15) is 23.4 Å². The van der Waals surface area contributed by atoms with Gasteiger partial charge < -0.3 is 60.4 Å². The standard InChI is InChI=1S/C43H58N4O12.C11H12F3N3S/c1-21-12-11-13-22(2)42(55)45-33-28(20-44-47-17-15-46(9)16-18-47)37(52)30-31(38(33)53)36(51)26(6)40-32(30)41(54)43(8,59-40)57-19-14-29(56-10)23(3)39(58-27(7)48)25(5)35(50)24(4)34(21)49;1-2-18-10(15)17-16-7-8-3-5-9(6-4-8)11(12,13)14/h11-14,19-21,23-25,29,34-35,39,49-53H,15-18H2,1-10H3,(H,45,55);3-7H,2H2,1H3,(H2,15,17)/b12-11+,19-14+,22-13-,44-20+;16-7+/t21-,23+,24+,25+,29-,34-,35+,39+,43-;/m0./s1. The van der Waals surface area contributed by atoms with Crippen molar-refractivity contribution in [3.8, 4) is 23.0 Å². The average Bonchev–Trinajstić information content (AvgIpc) is 3.64. The van der Waals surface area contributed by atoms with E-state index >= 15 is 0 Å². The van der Waals surface area contributed by atoms with E-state index in [9.17, 15) is 53.1 Å². The molecule has 420 valence electrons. The number of allylic oxidation sites excluding steroid dienone is 2. The Morgan fingerprint density at radius 2 is 1.60 bits per heavy atom. The van der Waals surface area contributed by atoms with Gasteiger partial charge in [-0.2, -0.15) is 23.4 Å². The summed E-state index contributed by atoms with van der Waals surface area (Å²) in [6.45, 7) is 17.0. The molecule has 0 aromatic heterocycles. The Morgan fingerprint density at radius 3 is 2.19 bits per heavy atom. The number of nitrogens with one attached hydrogen (secondary N) is 1. The summed E-state index contributed by atoms with van der Waals surface area (Å²) in [5, 5.41) is 74.5. The van der Waals surface area contributed by atoms with Gasteiger partial charge in [-0.1, -0.05) is 76.7 Å². The van der Waals surface area contributed by atoms with Gasteiger partial charge in [-0.3, -0.25) is 19.4 Å². The number of methoxy groups -OCH3 is 1. The lowest BCUT2D eigenvalue weighted by atomic mass is 9.78. The van der Waals surface area contributed by atoms with Crippen molar-refractivity contribution in [1.82, 2.24) is 9.91 Å². The number of ketones is 1. The van der Waals surface area contributed by atoms with Crippen molar-refractivity contribution in [3.63, 3.8) is 0 Å². The summed E-state index contributed by atoms with van der Waals surface area (Å²) >= 11 is 1.34. The Morgan fingerprint density at radius 1 is 0.948 bits per heavy atom. The summed E-state index contributed by atoms with van der Waals surface area (Å²) in [4.78, 5) is 42.6. The minimum Gasteiger partial charge on any atom is -0.507 e. The highest BCUT2D eigenvalue weighted by Gasteiger charge is 2.50. The van der Waals surface area contributed by atoms with E-state index in [1.54, 1.807) is 44.9 Å². The monoisotopic (exact) mass is 1100 g/mol. The number of Topliss-reactive ketones (excluding diaryl/α,β-unsaturated/α-hetero) is 1. The van der Waals surface area contributed by atoms with Crippen LogP contribution < -0.4 is 15.8 Å². The van der Waals surface area contributed by atoms with Crippen molar-refractivity contribution in [1.29, 1.82) is 0 Å². The number of nitrogens with two attached hydrogens (primary N) is 1. The fraction of sp³-hybridized carbons (Fsp3) is 0.481. The first-order chi connectivity index (χ1) is 36.2. The number of alkyl halides is 3. The zero-order valence-corrected chi connectivity index (χ0v) is 45.8. The van der Waals surface area contributed by atoms with Crippen molar-refractivity contribution in [2.24, 2.45) is 44.7 Å². The summed E-state index contributed by atoms with van der Waals surface area (Å²) < 4.78 is 60.5. The molecule has 77 heavy (non-hydrogen) atoms. The van der Waals surface area contributed by atoms with Gasteiger partial charge in [0.2, 0.25) is 0 Å². The number of phenols is 3. The summed E-state index contributed by atoms with van der Waals surface area (Å²) in [6, 6.07) is 4.64. The number of hydrogen-bond acceptors (Lipinski definition) is 18. The van der Waals surface area contributed by atoms with Crippen LogP contribution in [0.3, 0.4) is 0 Å². The molecule has 1 amide bonds. The highest BCUT2D eigenvalue weighted by atomic mass is 32.2. The molecule has 8 N–H and O–H groups in total. The summed E-state index contributed by atoms with van der Waals surface area (Å²) in [6.07, 6.45) is 1.89. The van der Waals surface area contributed by atoms with Crippen LogP contribution in [-0.2, 0) is 30.0 Å². The fourth-order valence-electron chi connectivity index (χ4n) is 9.01. The molecule has 5 bridgehead atoms. The quantitative estimate of drug-likeness (QED) is 0.0302. The number of phenolic OH excluding ortho intramolecular Hbond substituents is 3. The molecule has 7 rings (SSSR count). The van der Waals surface area contributed by atoms with Crippen LogP contribution in [0.15, 0.2) is 75.7 Å². The summed E-state index contributed by atoms with van der Waals surface area (Å²) in [5.41, 5.74) is 4.97. The number of aliphatic hydroxyl groups excluding tert-OH is 2. The first-order valence-electron chi connectivity index (χ1n) is 24.9. The van der Waals surface area contributed by atoms with Crippen LogP contribution >= 0.6 is 11.8 Å². The number of amidine groups is 1. The predicted octanol–water partition coefficient (Wildman–Crippen LogP) is 7.44. The van der Waals surface area contributed by atoms with Crippen molar-refractivity contribution in [3.05, 3.63) is 88.2 Å². The van der Waals surface area contributed by atoms with Gasteiger partial charge in [-0.15, -0.1) is 5.10 Å². The van der Waals surface area contributed by atoms with E-state index in [4.69, 9.17) is 24.7 Å². The topological polar surface area (TPSA) is 271 Å². The molecule has 0 spiro atoms. The van der Waals surface area contributed by atoms with E-state index in [1.807, 2.05) is 14.0 Å². The molecule has 0 unspecified atom stereocenters. The number of piperazine rings is 1. The zero-order chi connectivity index (χ0) is 57.3. The lowest BCUT2D eigenvalue weighted by Crippen LogP contribution is -2.46. The molecule has 3 aromatic rings. The first-order valence-corrected chi connectivity index (χ1v) is 25.9. The number of hydrazone groups is 1. The third-order valence-electron chi connectivity index (χ3n) is 13.8. The number of rotatable bonds is 7. The number of hydrogen-bond donors (Lipinski definition) is 7. The number of ether oxygens (including phenoxy) is 4. The number of benzene rings is 3. The normalized spacial score (nSPS) is 27.7. The second-order valence-corrected chi connectivity index (χ2v) is 20.6. The molecule has 0 radical (unpaired) electrons. The molecule has 19 nitrogen and oxygen atoms in total. The second kappa shape index (κ2) is 26.1. The molecule has 1 fully saturated rings. The molecule has 9 atom stereocenters. The molecule has 3 aromatic carbocycles. The molecular weight excluding hydrogens is 1030 g/mol. The smallest absolute Gasteiger partial charge is 0.416 e.